The number of fused-ring (bicyclic) bond motifs is 1. The van der Waals surface area contributed by atoms with Crippen molar-refractivity contribution in [2.24, 2.45) is 5.92 Å². The molecule has 0 bridgehead atoms. The molecule has 0 radical (unpaired) electrons. The number of nitrogens with zero attached hydrogens (tertiary/aromatic N) is 1. The van der Waals surface area contributed by atoms with Crippen LogP contribution in [0.1, 0.15) is 31.1 Å². The first-order chi connectivity index (χ1) is 14.8. The number of rotatable bonds is 9. The first kappa shape index (κ1) is 23.4. The van der Waals surface area contributed by atoms with Gasteiger partial charge in [-0.25, -0.2) is 8.42 Å². The predicted molar refractivity (Wildman–Crippen MR) is 125 cm³/mol. The van der Waals surface area contributed by atoms with Crippen LogP contribution >= 0.6 is 0 Å². The van der Waals surface area contributed by atoms with Crippen molar-refractivity contribution in [3.63, 3.8) is 0 Å². The third kappa shape index (κ3) is 4.67. The summed E-state index contributed by atoms with van der Waals surface area (Å²) in [6.07, 6.45) is -0.523. The number of ether oxygens (including phenoxy) is 2. The van der Waals surface area contributed by atoms with E-state index in [4.69, 9.17) is 9.47 Å². The molecule has 0 saturated carbocycles. The Kier molecular flexibility index (Phi) is 7.49. The Morgan fingerprint density at radius 2 is 1.48 bits per heavy atom. The molecule has 0 aliphatic carbocycles. The van der Waals surface area contributed by atoms with E-state index in [2.05, 4.69) is 0 Å². The molecule has 3 aromatic carbocycles. The summed E-state index contributed by atoms with van der Waals surface area (Å²) in [6.45, 7) is 4.32. The Bertz CT molecular complexity index is 1120. The van der Waals surface area contributed by atoms with Gasteiger partial charge in [-0.1, -0.05) is 74.5 Å². The van der Waals surface area contributed by atoms with E-state index >= 15 is 0 Å². The molecule has 0 saturated heterocycles. The van der Waals surface area contributed by atoms with Crippen molar-refractivity contribution in [2.45, 2.75) is 30.9 Å². The largest absolute Gasteiger partial charge is 0.383 e. The molecule has 0 aromatic heterocycles. The van der Waals surface area contributed by atoms with Crippen LogP contribution in [0.25, 0.3) is 10.8 Å². The number of hydrogen-bond donors (Lipinski definition) is 0. The summed E-state index contributed by atoms with van der Waals surface area (Å²) in [7, 11) is 1.04. The average molecular weight is 442 g/mol. The van der Waals surface area contributed by atoms with E-state index in [1.165, 1.54) is 4.31 Å². The van der Waals surface area contributed by atoms with Crippen LogP contribution in [0, 0.1) is 5.92 Å². The lowest BCUT2D eigenvalue weighted by Crippen LogP contribution is -2.43. The van der Waals surface area contributed by atoms with Crippen molar-refractivity contribution in [2.75, 3.05) is 27.9 Å². The molecule has 0 fully saturated rings. The quantitative estimate of drug-likeness (QED) is 0.476. The van der Waals surface area contributed by atoms with Gasteiger partial charge in [-0.2, -0.15) is 4.31 Å². The van der Waals surface area contributed by atoms with E-state index in [0.717, 1.165) is 16.3 Å². The van der Waals surface area contributed by atoms with Crippen LogP contribution in [0.5, 0.6) is 0 Å². The second-order valence-corrected chi connectivity index (χ2v) is 9.98. The normalized spacial score (nSPS) is 14.3. The van der Waals surface area contributed by atoms with Crippen LogP contribution in [-0.2, 0) is 19.5 Å². The highest BCUT2D eigenvalue weighted by Gasteiger charge is 2.33. The van der Waals surface area contributed by atoms with Crippen molar-refractivity contribution in [3.05, 3.63) is 77.9 Å². The molecule has 0 spiro atoms. The number of benzene rings is 3. The summed E-state index contributed by atoms with van der Waals surface area (Å²) in [6, 6.07) is 20.9. The van der Waals surface area contributed by atoms with Gasteiger partial charge >= 0.3 is 0 Å². The highest BCUT2D eigenvalue weighted by atomic mass is 32.2. The molecule has 3 aromatic rings. The maximum atomic E-state index is 13.7. The van der Waals surface area contributed by atoms with Crippen LogP contribution in [-0.4, -0.2) is 46.6 Å². The molecule has 6 heteroatoms. The lowest BCUT2D eigenvalue weighted by Gasteiger charge is -2.31. The van der Waals surface area contributed by atoms with Gasteiger partial charge in [0.1, 0.15) is 6.10 Å². The first-order valence-corrected chi connectivity index (χ1v) is 11.8. The fourth-order valence-electron chi connectivity index (χ4n) is 4.05. The zero-order valence-corrected chi connectivity index (χ0v) is 19.6. The van der Waals surface area contributed by atoms with Crippen molar-refractivity contribution < 1.29 is 17.9 Å². The molecule has 0 aliphatic heterocycles. The Morgan fingerprint density at radius 1 is 0.871 bits per heavy atom. The van der Waals surface area contributed by atoms with Crippen molar-refractivity contribution >= 4 is 20.8 Å². The Hall–Kier alpha value is -2.25. The van der Waals surface area contributed by atoms with Gasteiger partial charge in [0.2, 0.25) is 10.0 Å². The highest BCUT2D eigenvalue weighted by molar-refractivity contribution is 7.89. The minimum atomic E-state index is -3.78. The summed E-state index contributed by atoms with van der Waals surface area (Å²) in [4.78, 5) is 0.249. The van der Waals surface area contributed by atoms with Crippen LogP contribution in [0.15, 0.2) is 71.6 Å². The van der Waals surface area contributed by atoms with Gasteiger partial charge in [0.25, 0.3) is 0 Å². The molecule has 166 valence electrons. The standard InChI is InChI=1S/C25H31NO4S/c1-18(2)23(17-29-4)26(3)31(27,28)24-16-9-8-14-22(24)25(30-5)21-15-10-12-19-11-6-7-13-20(19)21/h6-16,18,23,25H,17H2,1-5H3/t23-,25+/m1/s1. The monoisotopic (exact) mass is 441 g/mol. The van der Waals surface area contributed by atoms with Crippen molar-refractivity contribution in [3.8, 4) is 0 Å². The van der Waals surface area contributed by atoms with E-state index in [1.807, 2.05) is 68.4 Å². The third-order valence-corrected chi connectivity index (χ3v) is 7.73. The van der Waals surface area contributed by atoms with E-state index < -0.39 is 16.1 Å². The Balaban J connectivity index is 2.14. The zero-order valence-electron chi connectivity index (χ0n) is 18.8. The number of hydrogen-bond acceptors (Lipinski definition) is 4. The van der Waals surface area contributed by atoms with Gasteiger partial charge in [0.05, 0.1) is 17.5 Å². The molecule has 31 heavy (non-hydrogen) atoms. The smallest absolute Gasteiger partial charge is 0.243 e. The summed E-state index contributed by atoms with van der Waals surface area (Å²) in [5.74, 6) is 0.100. The maximum absolute atomic E-state index is 13.7. The Labute approximate surface area is 185 Å². The van der Waals surface area contributed by atoms with Crippen LogP contribution in [0.3, 0.4) is 0 Å². The minimum Gasteiger partial charge on any atom is -0.383 e. The lowest BCUT2D eigenvalue weighted by molar-refractivity contribution is 0.118. The summed E-state index contributed by atoms with van der Waals surface area (Å²) >= 11 is 0. The highest BCUT2D eigenvalue weighted by Crippen LogP contribution is 2.35. The predicted octanol–water partition coefficient (Wildman–Crippen LogP) is 4.87. The molecule has 0 heterocycles. The van der Waals surface area contributed by atoms with Gasteiger partial charge < -0.3 is 9.47 Å². The van der Waals surface area contributed by atoms with Gasteiger partial charge in [-0.15, -0.1) is 0 Å². The summed E-state index contributed by atoms with van der Waals surface area (Å²) < 4.78 is 40.0. The van der Waals surface area contributed by atoms with E-state index in [9.17, 15) is 8.42 Å². The van der Waals surface area contributed by atoms with Crippen LogP contribution in [0.2, 0.25) is 0 Å². The first-order valence-electron chi connectivity index (χ1n) is 10.4. The van der Waals surface area contributed by atoms with E-state index in [0.29, 0.717) is 12.2 Å². The van der Waals surface area contributed by atoms with E-state index in [1.54, 1.807) is 33.4 Å². The van der Waals surface area contributed by atoms with Gasteiger partial charge in [-0.3, -0.25) is 0 Å². The second kappa shape index (κ2) is 9.92. The molecular weight excluding hydrogens is 410 g/mol. The fraction of sp³-hybridized carbons (Fsp3) is 0.360. The number of likely N-dealkylation sites (N-methyl/N-ethyl adjacent to an activating group) is 1. The second-order valence-electron chi connectivity index (χ2n) is 8.01. The number of methoxy groups -OCH3 is 2. The van der Waals surface area contributed by atoms with Crippen molar-refractivity contribution in [1.29, 1.82) is 0 Å². The molecule has 0 amide bonds. The van der Waals surface area contributed by atoms with E-state index in [-0.39, 0.29) is 16.9 Å². The number of sulfonamides is 1. The topological polar surface area (TPSA) is 55.8 Å². The fourth-order valence-corrected chi connectivity index (χ4v) is 5.75. The van der Waals surface area contributed by atoms with Gasteiger partial charge in [0, 0.05) is 26.8 Å². The maximum Gasteiger partial charge on any atom is 0.243 e. The molecular formula is C25H31NO4S. The van der Waals surface area contributed by atoms with Gasteiger partial charge in [-0.05, 0) is 28.3 Å². The minimum absolute atomic E-state index is 0.100. The van der Waals surface area contributed by atoms with Crippen LogP contribution < -0.4 is 0 Å². The zero-order chi connectivity index (χ0) is 22.6. The molecule has 0 aliphatic rings. The lowest BCUT2D eigenvalue weighted by atomic mass is 9.96. The molecule has 2 atom stereocenters. The summed E-state index contributed by atoms with van der Waals surface area (Å²) in [5, 5.41) is 2.12. The van der Waals surface area contributed by atoms with Gasteiger partial charge in [0.15, 0.2) is 0 Å². The molecule has 5 nitrogen and oxygen atoms in total. The summed E-state index contributed by atoms with van der Waals surface area (Å²) in [5.41, 5.74) is 1.55. The van der Waals surface area contributed by atoms with Crippen molar-refractivity contribution in [1.82, 2.24) is 4.31 Å². The third-order valence-electron chi connectivity index (χ3n) is 5.77. The Morgan fingerprint density at radius 3 is 2.16 bits per heavy atom. The van der Waals surface area contributed by atoms with Crippen LogP contribution in [0.4, 0.5) is 0 Å². The molecule has 0 unspecified atom stereocenters. The molecule has 0 N–H and O–H groups in total. The SMILES string of the molecule is COC[C@H](C(C)C)N(C)S(=O)(=O)c1ccccc1[C@@H](OC)c1cccc2ccccc12. The molecule has 3 rings (SSSR count). The average Bonchev–Trinajstić information content (AvgIpc) is 2.77.